The molecule has 2 N–H and O–H groups in total. The predicted octanol–water partition coefficient (Wildman–Crippen LogP) is 4.86. The summed E-state index contributed by atoms with van der Waals surface area (Å²) in [4.78, 5) is 29.9. The van der Waals surface area contributed by atoms with E-state index in [0.29, 0.717) is 27.9 Å². The van der Waals surface area contributed by atoms with E-state index in [-0.39, 0.29) is 24.2 Å². The third kappa shape index (κ3) is 4.80. The first kappa shape index (κ1) is 23.2. The van der Waals surface area contributed by atoms with Gasteiger partial charge in [-0.3, -0.25) is 19.9 Å². The average molecular weight is 500 g/mol. The number of pyridine rings is 1. The van der Waals surface area contributed by atoms with Crippen molar-refractivity contribution in [1.29, 1.82) is 0 Å². The summed E-state index contributed by atoms with van der Waals surface area (Å²) in [6.07, 6.45) is 1.69. The number of thiocarbonyl (C=S) groups is 1. The van der Waals surface area contributed by atoms with Crippen LogP contribution < -0.4 is 10.6 Å². The Labute approximate surface area is 211 Å². The highest BCUT2D eigenvalue weighted by molar-refractivity contribution is 7.80. The molecular formula is C26H21N5O4S. The second-order valence-corrected chi connectivity index (χ2v) is 8.56. The molecule has 0 radical (unpaired) electrons. The van der Waals surface area contributed by atoms with Crippen LogP contribution in [0.1, 0.15) is 23.5 Å². The Morgan fingerprint density at radius 1 is 1.08 bits per heavy atom. The Balaban J connectivity index is 1.47. The zero-order valence-electron chi connectivity index (χ0n) is 18.9. The number of carbonyl (C=O) groups is 1. The number of aromatic nitrogens is 1. The largest absolute Gasteiger partial charge is 0.459 e. The van der Waals surface area contributed by atoms with Crippen molar-refractivity contribution in [1.82, 2.24) is 15.2 Å². The number of carbonyl (C=O) groups excluding carboxylic acids is 1. The third-order valence-corrected chi connectivity index (χ3v) is 6.18. The molecule has 1 amide bonds. The zero-order valence-corrected chi connectivity index (χ0v) is 19.7. The lowest BCUT2D eigenvalue weighted by molar-refractivity contribution is -0.384. The average Bonchev–Trinajstić information content (AvgIpc) is 3.50. The van der Waals surface area contributed by atoms with Gasteiger partial charge < -0.3 is 20.0 Å². The van der Waals surface area contributed by atoms with Gasteiger partial charge in [-0.1, -0.05) is 36.4 Å². The molecule has 36 heavy (non-hydrogen) atoms. The van der Waals surface area contributed by atoms with Gasteiger partial charge in [-0.15, -0.1) is 0 Å². The molecule has 0 unspecified atom stereocenters. The molecule has 180 valence electrons. The second-order valence-electron chi connectivity index (χ2n) is 8.18. The molecule has 0 aliphatic carbocycles. The van der Waals surface area contributed by atoms with Crippen molar-refractivity contribution < 1.29 is 14.1 Å². The van der Waals surface area contributed by atoms with E-state index in [2.05, 4.69) is 15.6 Å². The molecule has 2 aromatic carbocycles. The Morgan fingerprint density at radius 2 is 1.89 bits per heavy atom. The number of rotatable bonds is 7. The van der Waals surface area contributed by atoms with E-state index in [9.17, 15) is 14.9 Å². The highest BCUT2D eigenvalue weighted by atomic mass is 32.1. The van der Waals surface area contributed by atoms with Gasteiger partial charge in [0.15, 0.2) is 5.11 Å². The van der Waals surface area contributed by atoms with Crippen LogP contribution in [0.2, 0.25) is 0 Å². The molecule has 1 fully saturated rings. The van der Waals surface area contributed by atoms with Gasteiger partial charge in [0, 0.05) is 29.6 Å². The minimum absolute atomic E-state index is 0.0123. The molecule has 1 saturated heterocycles. The predicted molar refractivity (Wildman–Crippen MR) is 138 cm³/mol. The number of nitrogens with one attached hydrogen (secondary N) is 2. The van der Waals surface area contributed by atoms with E-state index >= 15 is 0 Å². The summed E-state index contributed by atoms with van der Waals surface area (Å²) in [7, 11) is 0. The van der Waals surface area contributed by atoms with Crippen molar-refractivity contribution in [3.05, 3.63) is 113 Å². The van der Waals surface area contributed by atoms with Gasteiger partial charge in [0.2, 0.25) is 5.91 Å². The van der Waals surface area contributed by atoms with Crippen LogP contribution in [-0.4, -0.2) is 32.4 Å². The highest BCUT2D eigenvalue weighted by Gasteiger charge is 2.42. The summed E-state index contributed by atoms with van der Waals surface area (Å²) in [6, 6.07) is 23.7. The molecular weight excluding hydrogens is 478 g/mol. The number of para-hydroxylation sites is 1. The van der Waals surface area contributed by atoms with Crippen molar-refractivity contribution in [2.45, 2.75) is 12.1 Å². The standard InChI is InChI=1S/C26H21N5O4S/c32-23(28-18-8-2-1-3-9-18)16-30-25(24(29-26(30)36)20-11-4-5-14-27-20)22-13-12-21(35-22)17-7-6-10-19(15-17)31(33)34/h1-15,24-25H,16H2,(H,28,32)(H,29,36)/t24-,25-/m1/s1. The van der Waals surface area contributed by atoms with Crippen LogP contribution in [-0.2, 0) is 4.79 Å². The van der Waals surface area contributed by atoms with Crippen LogP contribution in [0.4, 0.5) is 11.4 Å². The first-order valence-corrected chi connectivity index (χ1v) is 11.6. The molecule has 1 aliphatic rings. The number of nitro benzene ring substituents is 1. The van der Waals surface area contributed by atoms with Crippen LogP contribution >= 0.6 is 12.2 Å². The number of hydrogen-bond donors (Lipinski definition) is 2. The maximum Gasteiger partial charge on any atom is 0.270 e. The lowest BCUT2D eigenvalue weighted by atomic mass is 10.0. The second kappa shape index (κ2) is 9.96. The zero-order chi connectivity index (χ0) is 25.1. The molecule has 0 spiro atoms. The Morgan fingerprint density at radius 3 is 2.64 bits per heavy atom. The first-order chi connectivity index (χ1) is 17.5. The fraction of sp³-hybridized carbons (Fsp3) is 0.115. The number of nitrogens with zero attached hydrogens (tertiary/aromatic N) is 3. The van der Waals surface area contributed by atoms with E-state index in [0.717, 1.165) is 5.69 Å². The molecule has 4 aromatic rings. The Kier molecular flexibility index (Phi) is 6.42. The topological polar surface area (TPSA) is 114 Å². The number of non-ortho nitro benzene ring substituents is 1. The molecule has 1 aliphatic heterocycles. The summed E-state index contributed by atoms with van der Waals surface area (Å²) in [5.74, 6) is 0.787. The number of benzene rings is 2. The van der Waals surface area contributed by atoms with Gasteiger partial charge in [-0.25, -0.2) is 0 Å². The molecule has 0 bridgehead atoms. The van der Waals surface area contributed by atoms with Crippen LogP contribution in [0, 0.1) is 10.1 Å². The maximum absolute atomic E-state index is 12.9. The van der Waals surface area contributed by atoms with E-state index in [1.54, 1.807) is 35.4 Å². The summed E-state index contributed by atoms with van der Waals surface area (Å²) in [5.41, 5.74) is 1.97. The molecule has 0 saturated carbocycles. The molecule has 2 aromatic heterocycles. The molecule has 5 rings (SSSR count). The first-order valence-electron chi connectivity index (χ1n) is 11.2. The van der Waals surface area contributed by atoms with Gasteiger partial charge in [0.05, 0.1) is 16.7 Å². The number of furan rings is 1. The number of anilines is 1. The molecule has 10 heteroatoms. The van der Waals surface area contributed by atoms with Crippen molar-refractivity contribution in [3.8, 4) is 11.3 Å². The summed E-state index contributed by atoms with van der Waals surface area (Å²) in [6.45, 7) is -0.0123. The lowest BCUT2D eigenvalue weighted by Crippen LogP contribution is -2.36. The highest BCUT2D eigenvalue weighted by Crippen LogP contribution is 2.40. The fourth-order valence-corrected chi connectivity index (χ4v) is 4.51. The van der Waals surface area contributed by atoms with Crippen molar-refractivity contribution >= 4 is 34.6 Å². The minimum Gasteiger partial charge on any atom is -0.459 e. The molecule has 2 atom stereocenters. The number of amides is 1. The third-order valence-electron chi connectivity index (χ3n) is 5.83. The fourth-order valence-electron chi connectivity index (χ4n) is 4.20. The van der Waals surface area contributed by atoms with Crippen molar-refractivity contribution in [2.75, 3.05) is 11.9 Å². The molecule has 3 heterocycles. The Hall–Kier alpha value is -4.57. The number of nitro groups is 1. The summed E-state index contributed by atoms with van der Waals surface area (Å²) < 4.78 is 6.20. The normalized spacial score (nSPS) is 17.0. The van der Waals surface area contributed by atoms with Gasteiger partial charge in [0.1, 0.15) is 24.1 Å². The maximum atomic E-state index is 12.9. The van der Waals surface area contributed by atoms with Gasteiger partial charge in [-0.05, 0) is 48.6 Å². The Bertz CT molecular complexity index is 1410. The van der Waals surface area contributed by atoms with E-state index < -0.39 is 11.0 Å². The van der Waals surface area contributed by atoms with Crippen molar-refractivity contribution in [2.24, 2.45) is 0 Å². The molecule has 9 nitrogen and oxygen atoms in total. The van der Waals surface area contributed by atoms with Crippen LogP contribution in [0.15, 0.2) is 95.5 Å². The SMILES string of the molecule is O=C(CN1C(=S)N[C@H](c2ccccn2)[C@H]1c1ccc(-c2cccc([N+](=O)[O-])c2)o1)Nc1ccccc1. The van der Waals surface area contributed by atoms with Gasteiger partial charge >= 0.3 is 0 Å². The number of hydrogen-bond acceptors (Lipinski definition) is 6. The van der Waals surface area contributed by atoms with E-state index in [4.69, 9.17) is 16.6 Å². The van der Waals surface area contributed by atoms with Crippen LogP contribution in [0.25, 0.3) is 11.3 Å². The summed E-state index contributed by atoms with van der Waals surface area (Å²) in [5, 5.41) is 17.8. The van der Waals surface area contributed by atoms with E-state index in [1.165, 1.54) is 12.1 Å². The van der Waals surface area contributed by atoms with Crippen LogP contribution in [0.5, 0.6) is 0 Å². The van der Waals surface area contributed by atoms with Crippen LogP contribution in [0.3, 0.4) is 0 Å². The van der Waals surface area contributed by atoms with Gasteiger partial charge in [-0.2, -0.15) is 0 Å². The smallest absolute Gasteiger partial charge is 0.270 e. The van der Waals surface area contributed by atoms with Crippen molar-refractivity contribution in [3.63, 3.8) is 0 Å². The van der Waals surface area contributed by atoms with E-state index in [1.807, 2.05) is 48.5 Å². The quantitative estimate of drug-likeness (QED) is 0.211. The minimum atomic E-state index is -0.471. The lowest BCUT2D eigenvalue weighted by Gasteiger charge is -2.25. The van der Waals surface area contributed by atoms with Gasteiger partial charge in [0.25, 0.3) is 5.69 Å². The monoisotopic (exact) mass is 499 g/mol. The summed E-state index contributed by atoms with van der Waals surface area (Å²) >= 11 is 5.61.